The predicted octanol–water partition coefficient (Wildman–Crippen LogP) is 3.51. The molecular weight excluding hydrogens is 232 g/mol. The van der Waals surface area contributed by atoms with Crippen molar-refractivity contribution in [2.75, 3.05) is 6.61 Å². The molecule has 1 heterocycles. The van der Waals surface area contributed by atoms with Crippen molar-refractivity contribution in [1.29, 1.82) is 0 Å². The third kappa shape index (κ3) is 2.91. The van der Waals surface area contributed by atoms with Crippen LogP contribution in [0.15, 0.2) is 30.3 Å². The third-order valence-corrected chi connectivity index (χ3v) is 2.53. The SMILES string of the molecule is CCOc1ccc(-c2cc(C)[nH]c(=S)n2)cc1. The number of nitrogens with one attached hydrogen (secondary N) is 1. The van der Waals surface area contributed by atoms with E-state index < -0.39 is 0 Å². The number of hydrogen-bond donors (Lipinski definition) is 1. The fraction of sp³-hybridized carbons (Fsp3) is 0.231. The van der Waals surface area contributed by atoms with E-state index in [4.69, 9.17) is 17.0 Å². The molecule has 17 heavy (non-hydrogen) atoms. The van der Waals surface area contributed by atoms with Crippen LogP contribution in [0.2, 0.25) is 0 Å². The molecular formula is C13H14N2OS. The molecule has 0 fully saturated rings. The lowest BCUT2D eigenvalue weighted by molar-refractivity contribution is 0.340. The summed E-state index contributed by atoms with van der Waals surface area (Å²) in [5.41, 5.74) is 2.93. The molecule has 0 unspecified atom stereocenters. The summed E-state index contributed by atoms with van der Waals surface area (Å²) in [6, 6.07) is 9.83. The molecule has 0 bridgehead atoms. The molecule has 0 aliphatic heterocycles. The van der Waals surface area contributed by atoms with Gasteiger partial charge in [-0.05, 0) is 56.4 Å². The number of H-pyrrole nitrogens is 1. The van der Waals surface area contributed by atoms with E-state index >= 15 is 0 Å². The minimum atomic E-state index is 0.508. The molecule has 3 nitrogen and oxygen atoms in total. The van der Waals surface area contributed by atoms with E-state index in [1.165, 1.54) is 0 Å². The largest absolute Gasteiger partial charge is 0.494 e. The Hall–Kier alpha value is -1.68. The maximum atomic E-state index is 5.40. The third-order valence-electron chi connectivity index (χ3n) is 2.34. The second-order valence-electron chi connectivity index (χ2n) is 3.71. The van der Waals surface area contributed by atoms with Crippen molar-refractivity contribution in [1.82, 2.24) is 9.97 Å². The Morgan fingerprint density at radius 3 is 2.59 bits per heavy atom. The van der Waals surface area contributed by atoms with Crippen LogP contribution in [0.3, 0.4) is 0 Å². The van der Waals surface area contributed by atoms with E-state index in [2.05, 4.69) is 9.97 Å². The molecule has 88 valence electrons. The van der Waals surface area contributed by atoms with Crippen molar-refractivity contribution >= 4 is 12.2 Å². The summed E-state index contributed by atoms with van der Waals surface area (Å²) in [5.74, 6) is 0.870. The summed E-state index contributed by atoms with van der Waals surface area (Å²) in [4.78, 5) is 7.29. The van der Waals surface area contributed by atoms with Crippen molar-refractivity contribution < 1.29 is 4.74 Å². The number of aromatic amines is 1. The first kappa shape index (κ1) is 11.8. The summed E-state index contributed by atoms with van der Waals surface area (Å²) in [7, 11) is 0. The molecule has 0 saturated heterocycles. The Morgan fingerprint density at radius 1 is 1.29 bits per heavy atom. The van der Waals surface area contributed by atoms with Gasteiger partial charge in [0.1, 0.15) is 5.75 Å². The molecule has 2 aromatic rings. The summed E-state index contributed by atoms with van der Waals surface area (Å²) in [5, 5.41) is 0. The molecule has 4 heteroatoms. The quantitative estimate of drug-likeness (QED) is 0.842. The Bertz CT molecular complexity index is 560. The number of aryl methyl sites for hydroxylation is 1. The normalized spacial score (nSPS) is 10.2. The van der Waals surface area contributed by atoms with Crippen molar-refractivity contribution in [3.8, 4) is 17.0 Å². The summed E-state index contributed by atoms with van der Waals surface area (Å²) < 4.78 is 5.91. The van der Waals surface area contributed by atoms with Crippen LogP contribution in [-0.4, -0.2) is 16.6 Å². The molecule has 1 aromatic carbocycles. The minimum absolute atomic E-state index is 0.508. The van der Waals surface area contributed by atoms with Gasteiger partial charge in [0.2, 0.25) is 0 Å². The fourth-order valence-electron chi connectivity index (χ4n) is 1.62. The van der Waals surface area contributed by atoms with Crippen molar-refractivity contribution in [2.24, 2.45) is 0 Å². The summed E-state index contributed by atoms with van der Waals surface area (Å²) in [6.45, 7) is 4.61. The van der Waals surface area contributed by atoms with Gasteiger partial charge in [-0.15, -0.1) is 0 Å². The molecule has 0 atom stereocenters. The lowest BCUT2D eigenvalue weighted by Crippen LogP contribution is -1.92. The van der Waals surface area contributed by atoms with E-state index in [0.717, 1.165) is 22.7 Å². The lowest BCUT2D eigenvalue weighted by Gasteiger charge is -2.05. The Balaban J connectivity index is 2.36. The molecule has 1 N–H and O–H groups in total. The Kier molecular flexibility index (Phi) is 3.54. The number of benzene rings is 1. The second-order valence-corrected chi connectivity index (χ2v) is 4.10. The highest BCUT2D eigenvalue weighted by molar-refractivity contribution is 7.71. The smallest absolute Gasteiger partial charge is 0.197 e. The van der Waals surface area contributed by atoms with E-state index in [1.807, 2.05) is 44.2 Å². The van der Waals surface area contributed by atoms with E-state index in [9.17, 15) is 0 Å². The van der Waals surface area contributed by atoms with Gasteiger partial charge in [-0.3, -0.25) is 0 Å². The molecule has 1 aromatic heterocycles. The first-order chi connectivity index (χ1) is 8.19. The van der Waals surface area contributed by atoms with Crippen LogP contribution in [0.5, 0.6) is 5.75 Å². The van der Waals surface area contributed by atoms with Gasteiger partial charge in [-0.1, -0.05) is 0 Å². The molecule has 0 amide bonds. The zero-order chi connectivity index (χ0) is 12.3. The molecule has 0 aliphatic carbocycles. The number of hydrogen-bond acceptors (Lipinski definition) is 3. The zero-order valence-electron chi connectivity index (χ0n) is 9.86. The van der Waals surface area contributed by atoms with Gasteiger partial charge in [0.15, 0.2) is 4.77 Å². The van der Waals surface area contributed by atoms with Crippen LogP contribution in [0.25, 0.3) is 11.3 Å². The molecule has 0 radical (unpaired) electrons. The Labute approximate surface area is 105 Å². The highest BCUT2D eigenvalue weighted by atomic mass is 32.1. The predicted molar refractivity (Wildman–Crippen MR) is 70.8 cm³/mol. The topological polar surface area (TPSA) is 37.9 Å². The van der Waals surface area contributed by atoms with Crippen molar-refractivity contribution in [3.63, 3.8) is 0 Å². The maximum Gasteiger partial charge on any atom is 0.197 e. The van der Waals surface area contributed by atoms with Gasteiger partial charge in [0.25, 0.3) is 0 Å². The maximum absolute atomic E-state index is 5.40. The molecule has 0 spiro atoms. The van der Waals surface area contributed by atoms with Gasteiger partial charge in [-0.25, -0.2) is 4.98 Å². The number of nitrogens with zero attached hydrogens (tertiary/aromatic N) is 1. The van der Waals surface area contributed by atoms with Gasteiger partial charge in [0.05, 0.1) is 12.3 Å². The number of aromatic nitrogens is 2. The fourth-order valence-corrected chi connectivity index (χ4v) is 1.88. The number of ether oxygens (including phenoxy) is 1. The minimum Gasteiger partial charge on any atom is -0.494 e. The first-order valence-corrected chi connectivity index (χ1v) is 5.91. The Morgan fingerprint density at radius 2 is 2.00 bits per heavy atom. The van der Waals surface area contributed by atoms with Gasteiger partial charge < -0.3 is 9.72 Å². The van der Waals surface area contributed by atoms with E-state index in [0.29, 0.717) is 11.4 Å². The van der Waals surface area contributed by atoms with Crippen molar-refractivity contribution in [3.05, 3.63) is 40.8 Å². The van der Waals surface area contributed by atoms with Gasteiger partial charge in [0, 0.05) is 11.3 Å². The lowest BCUT2D eigenvalue weighted by atomic mass is 10.1. The highest BCUT2D eigenvalue weighted by Gasteiger charge is 2.01. The second kappa shape index (κ2) is 5.10. The summed E-state index contributed by atoms with van der Waals surface area (Å²) >= 11 is 5.06. The monoisotopic (exact) mass is 246 g/mol. The van der Waals surface area contributed by atoms with Crippen LogP contribution in [0, 0.1) is 11.7 Å². The average Bonchev–Trinajstić information content (AvgIpc) is 2.29. The van der Waals surface area contributed by atoms with Crippen LogP contribution in [0.4, 0.5) is 0 Å². The highest BCUT2D eigenvalue weighted by Crippen LogP contribution is 2.20. The van der Waals surface area contributed by atoms with Crippen LogP contribution in [-0.2, 0) is 0 Å². The first-order valence-electron chi connectivity index (χ1n) is 5.50. The molecule has 2 rings (SSSR count). The van der Waals surface area contributed by atoms with Crippen LogP contribution in [0.1, 0.15) is 12.6 Å². The average molecular weight is 246 g/mol. The summed E-state index contributed by atoms with van der Waals surface area (Å²) in [6.07, 6.45) is 0. The van der Waals surface area contributed by atoms with Crippen LogP contribution >= 0.6 is 12.2 Å². The zero-order valence-corrected chi connectivity index (χ0v) is 10.7. The molecule has 0 saturated carbocycles. The molecule has 0 aliphatic rings. The van der Waals surface area contributed by atoms with Crippen LogP contribution < -0.4 is 4.74 Å². The van der Waals surface area contributed by atoms with Gasteiger partial charge in [-0.2, -0.15) is 0 Å². The van der Waals surface area contributed by atoms with Gasteiger partial charge >= 0.3 is 0 Å². The van der Waals surface area contributed by atoms with E-state index in [-0.39, 0.29) is 0 Å². The van der Waals surface area contributed by atoms with E-state index in [1.54, 1.807) is 0 Å². The van der Waals surface area contributed by atoms with Crippen molar-refractivity contribution in [2.45, 2.75) is 13.8 Å². The standard InChI is InChI=1S/C13H14N2OS/c1-3-16-11-6-4-10(5-7-11)12-8-9(2)14-13(17)15-12/h4-8H,3H2,1-2H3,(H,14,15,17). The number of rotatable bonds is 3.